The molecular weight excluding hydrogens is 593 g/mol. The summed E-state index contributed by atoms with van der Waals surface area (Å²) >= 11 is 0. The molecule has 2 aromatic heterocycles. The number of aromatic nitrogens is 3. The first-order chi connectivity index (χ1) is 22.4. The van der Waals surface area contributed by atoms with Gasteiger partial charge in [-0.15, -0.1) is 0 Å². The number of fused-ring (bicyclic) bond motifs is 1. The predicted octanol–water partition coefficient (Wildman–Crippen LogP) is 11.5. The standard InChI is InChI=1S/C43H46FN3O/c1-26-16-17-45-36(18-26)28-19-27(20-29(21-28)41(2,3)4)34-12-11-13-37-39(34)46-40(35-15-14-32(44)25-38(35)48)47(37)33-23-30(42(5,6)7)22-31(24-33)43(8,9)10/h11-25,48H,1-10H3. The molecule has 0 radical (unpaired) electrons. The second-order valence-corrected chi connectivity index (χ2v) is 16.1. The maximum atomic E-state index is 14.3. The Bertz CT molecular complexity index is 2140. The van der Waals surface area contributed by atoms with Crippen LogP contribution in [0.25, 0.3) is 50.5 Å². The number of halogens is 1. The minimum Gasteiger partial charge on any atom is -0.507 e. The number of aromatic hydroxyl groups is 1. The minimum atomic E-state index is -0.499. The van der Waals surface area contributed by atoms with E-state index in [1.807, 2.05) is 12.3 Å². The molecule has 2 heterocycles. The van der Waals surface area contributed by atoms with Crippen LogP contribution in [0, 0.1) is 12.7 Å². The maximum absolute atomic E-state index is 14.3. The zero-order valence-corrected chi connectivity index (χ0v) is 29.8. The topological polar surface area (TPSA) is 50.9 Å². The first kappa shape index (κ1) is 33.1. The van der Waals surface area contributed by atoms with Crippen molar-refractivity contribution < 1.29 is 9.50 Å². The summed E-state index contributed by atoms with van der Waals surface area (Å²) in [5.74, 6) is -0.104. The van der Waals surface area contributed by atoms with Crippen molar-refractivity contribution in [3.63, 3.8) is 0 Å². The Balaban J connectivity index is 1.70. The van der Waals surface area contributed by atoms with Crippen molar-refractivity contribution in [3.05, 3.63) is 119 Å². The Labute approximate surface area is 284 Å². The molecule has 1 N–H and O–H groups in total. The van der Waals surface area contributed by atoms with Crippen LogP contribution in [0.1, 0.15) is 84.6 Å². The number of hydrogen-bond acceptors (Lipinski definition) is 3. The lowest BCUT2D eigenvalue weighted by atomic mass is 9.80. The first-order valence-electron chi connectivity index (χ1n) is 16.7. The molecule has 6 rings (SSSR count). The summed E-state index contributed by atoms with van der Waals surface area (Å²) in [4.78, 5) is 10.0. The Hall–Kier alpha value is -4.77. The van der Waals surface area contributed by atoms with Gasteiger partial charge in [0.2, 0.25) is 0 Å². The van der Waals surface area contributed by atoms with Crippen molar-refractivity contribution in [2.45, 2.75) is 85.5 Å². The van der Waals surface area contributed by atoms with E-state index in [1.54, 1.807) is 6.07 Å². The Morgan fingerprint density at radius 3 is 1.88 bits per heavy atom. The van der Waals surface area contributed by atoms with E-state index in [2.05, 4.69) is 134 Å². The molecule has 6 aromatic rings. The Morgan fingerprint density at radius 2 is 1.27 bits per heavy atom. The van der Waals surface area contributed by atoms with Crippen LogP contribution < -0.4 is 0 Å². The summed E-state index contributed by atoms with van der Waals surface area (Å²) in [6.45, 7) is 22.1. The average Bonchev–Trinajstić information content (AvgIpc) is 3.39. The van der Waals surface area contributed by atoms with Gasteiger partial charge in [-0.25, -0.2) is 9.37 Å². The molecule has 4 aromatic carbocycles. The van der Waals surface area contributed by atoms with E-state index >= 15 is 0 Å². The molecule has 4 nitrogen and oxygen atoms in total. The van der Waals surface area contributed by atoms with E-state index in [0.717, 1.165) is 50.7 Å². The van der Waals surface area contributed by atoms with E-state index in [-0.39, 0.29) is 22.0 Å². The highest BCUT2D eigenvalue weighted by molar-refractivity contribution is 5.96. The van der Waals surface area contributed by atoms with Crippen molar-refractivity contribution in [1.82, 2.24) is 14.5 Å². The second-order valence-electron chi connectivity index (χ2n) is 16.1. The summed E-state index contributed by atoms with van der Waals surface area (Å²) in [5, 5.41) is 11.1. The predicted molar refractivity (Wildman–Crippen MR) is 198 cm³/mol. The van der Waals surface area contributed by atoms with Gasteiger partial charge in [-0.2, -0.15) is 0 Å². The van der Waals surface area contributed by atoms with E-state index in [0.29, 0.717) is 11.4 Å². The van der Waals surface area contributed by atoms with E-state index in [9.17, 15) is 9.50 Å². The molecule has 5 heteroatoms. The molecule has 0 spiro atoms. The first-order valence-corrected chi connectivity index (χ1v) is 16.7. The third kappa shape index (κ3) is 6.38. The maximum Gasteiger partial charge on any atom is 0.149 e. The number of imidazole rings is 1. The number of para-hydroxylation sites is 1. The quantitative estimate of drug-likeness (QED) is 0.209. The van der Waals surface area contributed by atoms with Crippen LogP contribution in [-0.4, -0.2) is 19.6 Å². The van der Waals surface area contributed by atoms with Gasteiger partial charge in [0.15, 0.2) is 0 Å². The highest BCUT2D eigenvalue weighted by Crippen LogP contribution is 2.41. The van der Waals surface area contributed by atoms with Crippen LogP contribution in [-0.2, 0) is 16.2 Å². The number of pyridine rings is 1. The molecular formula is C43H46FN3O. The molecule has 0 saturated carbocycles. The zero-order valence-electron chi connectivity index (χ0n) is 29.8. The van der Waals surface area contributed by atoms with Gasteiger partial charge in [0.1, 0.15) is 17.4 Å². The van der Waals surface area contributed by atoms with Crippen molar-refractivity contribution in [3.8, 4) is 45.2 Å². The smallest absolute Gasteiger partial charge is 0.149 e. The number of benzene rings is 4. The summed E-state index contributed by atoms with van der Waals surface area (Å²) in [7, 11) is 0. The monoisotopic (exact) mass is 639 g/mol. The summed E-state index contributed by atoms with van der Waals surface area (Å²) < 4.78 is 16.4. The van der Waals surface area contributed by atoms with Crippen molar-refractivity contribution in [2.24, 2.45) is 0 Å². The normalized spacial score (nSPS) is 12.6. The van der Waals surface area contributed by atoms with Crippen LogP contribution in [0.5, 0.6) is 5.75 Å². The molecule has 48 heavy (non-hydrogen) atoms. The fourth-order valence-electron chi connectivity index (χ4n) is 6.13. The van der Waals surface area contributed by atoms with Gasteiger partial charge in [-0.05, 0) is 106 Å². The number of rotatable bonds is 4. The SMILES string of the molecule is Cc1ccnc(-c2cc(-c3cccc4c3nc(-c3ccc(F)cc3O)n4-c3cc(C(C)(C)C)cc(C(C)(C)C)c3)cc(C(C)(C)C)c2)c1. The van der Waals surface area contributed by atoms with E-state index in [1.165, 1.54) is 22.8 Å². The molecule has 0 aliphatic rings. The van der Waals surface area contributed by atoms with Crippen LogP contribution in [0.15, 0.2) is 91.1 Å². The molecule has 246 valence electrons. The van der Waals surface area contributed by atoms with Gasteiger partial charge >= 0.3 is 0 Å². The third-order valence-corrected chi connectivity index (χ3v) is 9.12. The number of nitrogens with zero attached hydrogens (tertiary/aromatic N) is 3. The third-order valence-electron chi connectivity index (χ3n) is 9.12. The van der Waals surface area contributed by atoms with Crippen LogP contribution in [0.4, 0.5) is 4.39 Å². The van der Waals surface area contributed by atoms with Gasteiger partial charge in [0.25, 0.3) is 0 Å². The van der Waals surface area contributed by atoms with Gasteiger partial charge in [-0.1, -0.05) is 86.6 Å². The molecule has 0 atom stereocenters. The largest absolute Gasteiger partial charge is 0.507 e. The number of aryl methyl sites for hydroxylation is 1. The highest BCUT2D eigenvalue weighted by Gasteiger charge is 2.26. The Morgan fingerprint density at radius 1 is 0.646 bits per heavy atom. The van der Waals surface area contributed by atoms with Crippen LogP contribution in [0.2, 0.25) is 0 Å². The number of hydrogen-bond donors (Lipinski definition) is 1. The fourth-order valence-corrected chi connectivity index (χ4v) is 6.13. The molecule has 0 bridgehead atoms. The van der Waals surface area contributed by atoms with Crippen LogP contribution >= 0.6 is 0 Å². The van der Waals surface area contributed by atoms with Crippen molar-refractivity contribution in [2.75, 3.05) is 0 Å². The lowest BCUT2D eigenvalue weighted by Crippen LogP contribution is -2.17. The molecule has 0 unspecified atom stereocenters. The highest BCUT2D eigenvalue weighted by atomic mass is 19.1. The number of phenols is 1. The van der Waals surface area contributed by atoms with Gasteiger partial charge < -0.3 is 5.11 Å². The average molecular weight is 640 g/mol. The summed E-state index contributed by atoms with van der Waals surface area (Å²) in [5.41, 5.74) is 11.5. The van der Waals surface area contributed by atoms with Gasteiger partial charge in [0.05, 0.1) is 22.3 Å². The van der Waals surface area contributed by atoms with Crippen molar-refractivity contribution >= 4 is 11.0 Å². The zero-order chi connectivity index (χ0) is 34.8. The molecule has 0 saturated heterocycles. The molecule has 0 aliphatic carbocycles. The lowest BCUT2D eigenvalue weighted by molar-refractivity contribution is 0.470. The molecule has 0 aliphatic heterocycles. The van der Waals surface area contributed by atoms with Gasteiger partial charge in [-0.3, -0.25) is 9.55 Å². The van der Waals surface area contributed by atoms with Crippen LogP contribution in [0.3, 0.4) is 0 Å². The molecule has 0 fully saturated rings. The van der Waals surface area contributed by atoms with E-state index < -0.39 is 5.82 Å². The Kier molecular flexibility index (Phi) is 8.10. The number of phenolic OH excluding ortho intramolecular Hbond substituents is 1. The minimum absolute atomic E-state index is 0.107. The van der Waals surface area contributed by atoms with Crippen molar-refractivity contribution in [1.29, 1.82) is 0 Å². The second kappa shape index (κ2) is 11.7. The lowest BCUT2D eigenvalue weighted by Gasteiger charge is -2.27. The van der Waals surface area contributed by atoms with Gasteiger partial charge in [0, 0.05) is 29.1 Å². The summed E-state index contributed by atoms with van der Waals surface area (Å²) in [6.07, 6.45) is 1.86. The van der Waals surface area contributed by atoms with E-state index in [4.69, 9.17) is 9.97 Å². The molecule has 0 amide bonds. The summed E-state index contributed by atoms with van der Waals surface area (Å²) in [6, 6.07) is 27.9. The fraction of sp³-hybridized carbons (Fsp3) is 0.302.